The van der Waals surface area contributed by atoms with E-state index in [9.17, 15) is 22.8 Å². The molecule has 0 unspecified atom stereocenters. The van der Waals surface area contributed by atoms with Gasteiger partial charge in [-0.1, -0.05) is 48.9 Å². The quantitative estimate of drug-likeness (QED) is 0.478. The highest BCUT2D eigenvalue weighted by atomic mass is 19.4. The topological polar surface area (TPSA) is 49.4 Å². The van der Waals surface area contributed by atoms with Crippen LogP contribution in [0.5, 0.6) is 0 Å². The van der Waals surface area contributed by atoms with Crippen LogP contribution in [-0.2, 0) is 23.9 Å². The summed E-state index contributed by atoms with van der Waals surface area (Å²) in [4.78, 5) is 27.7. The summed E-state index contributed by atoms with van der Waals surface area (Å²) in [5.74, 6) is -0.230. The molecule has 1 heterocycles. The number of carbonyl (C=O) groups is 2. The summed E-state index contributed by atoms with van der Waals surface area (Å²) in [6, 6.07) is 17.6. The maximum Gasteiger partial charge on any atom is 0.416 e. The maximum absolute atomic E-state index is 13.4. The van der Waals surface area contributed by atoms with Crippen LogP contribution in [0.25, 0.3) is 11.1 Å². The van der Waals surface area contributed by atoms with Gasteiger partial charge in [-0.15, -0.1) is 0 Å². The van der Waals surface area contributed by atoms with Gasteiger partial charge in [-0.05, 0) is 65.8 Å². The van der Waals surface area contributed by atoms with Gasteiger partial charge in [0, 0.05) is 30.3 Å². The standard InChI is InChI=1S/C28H25F3N2O2/c29-28(30,31)22-10-12-24(18-5-2-1-3-6-18)25(16-22)26(34)32-23-11-9-21-17-33(14-13-20(21)15-23)27(35)19-7-4-8-19/h1-3,5-6,9-12,15-16,19H,4,7-8,13-14,17H2,(H,32,34). The summed E-state index contributed by atoms with van der Waals surface area (Å²) in [5.41, 5.74) is 2.76. The highest BCUT2D eigenvalue weighted by Gasteiger charge is 2.33. The Morgan fingerprint density at radius 3 is 2.37 bits per heavy atom. The van der Waals surface area contributed by atoms with Gasteiger partial charge in [0.15, 0.2) is 0 Å². The second-order valence-corrected chi connectivity index (χ2v) is 9.20. The number of fused-ring (bicyclic) bond motifs is 1. The normalized spacial score (nSPS) is 15.8. The van der Waals surface area contributed by atoms with E-state index in [1.165, 1.54) is 6.07 Å². The van der Waals surface area contributed by atoms with Crippen molar-refractivity contribution in [3.63, 3.8) is 0 Å². The predicted octanol–water partition coefficient (Wildman–Crippen LogP) is 6.31. The number of nitrogens with zero attached hydrogens (tertiary/aromatic N) is 1. The zero-order valence-electron chi connectivity index (χ0n) is 19.1. The van der Waals surface area contributed by atoms with Gasteiger partial charge in [-0.3, -0.25) is 9.59 Å². The Morgan fingerprint density at radius 1 is 0.914 bits per heavy atom. The molecule has 1 aliphatic heterocycles. The molecule has 2 amide bonds. The van der Waals surface area contributed by atoms with Gasteiger partial charge in [0.25, 0.3) is 5.91 Å². The summed E-state index contributed by atoms with van der Waals surface area (Å²) in [7, 11) is 0. The van der Waals surface area contributed by atoms with E-state index in [4.69, 9.17) is 0 Å². The molecular weight excluding hydrogens is 453 g/mol. The van der Waals surface area contributed by atoms with Crippen LogP contribution in [-0.4, -0.2) is 23.3 Å². The first kappa shape index (κ1) is 23.1. The first-order chi connectivity index (χ1) is 16.8. The number of rotatable bonds is 4. The molecule has 1 saturated carbocycles. The van der Waals surface area contributed by atoms with E-state index in [1.54, 1.807) is 36.4 Å². The van der Waals surface area contributed by atoms with E-state index in [0.29, 0.717) is 36.3 Å². The molecule has 0 saturated heterocycles. The average Bonchev–Trinajstić information content (AvgIpc) is 2.82. The SMILES string of the molecule is O=C(Nc1ccc2c(c1)CCN(C(=O)C1CCC1)C2)c1cc(C(F)(F)F)ccc1-c1ccccc1. The third-order valence-corrected chi connectivity index (χ3v) is 6.92. The van der Waals surface area contributed by atoms with Gasteiger partial charge in [-0.2, -0.15) is 13.2 Å². The van der Waals surface area contributed by atoms with Crippen LogP contribution >= 0.6 is 0 Å². The zero-order valence-corrected chi connectivity index (χ0v) is 19.1. The minimum Gasteiger partial charge on any atom is -0.338 e. The molecule has 0 aromatic heterocycles. The lowest BCUT2D eigenvalue weighted by atomic mass is 9.83. The molecule has 180 valence electrons. The molecule has 1 aliphatic carbocycles. The highest BCUT2D eigenvalue weighted by molar-refractivity contribution is 6.09. The summed E-state index contributed by atoms with van der Waals surface area (Å²) in [6.07, 6.45) is -0.835. The smallest absolute Gasteiger partial charge is 0.338 e. The predicted molar refractivity (Wildman–Crippen MR) is 128 cm³/mol. The molecule has 35 heavy (non-hydrogen) atoms. The van der Waals surface area contributed by atoms with E-state index in [-0.39, 0.29) is 17.4 Å². The number of alkyl halides is 3. The Labute approximate surface area is 201 Å². The van der Waals surface area contributed by atoms with Crippen LogP contribution in [0.3, 0.4) is 0 Å². The fourth-order valence-electron chi connectivity index (χ4n) is 4.71. The van der Waals surface area contributed by atoms with E-state index in [1.807, 2.05) is 17.0 Å². The molecule has 3 aromatic rings. The fourth-order valence-corrected chi connectivity index (χ4v) is 4.71. The second-order valence-electron chi connectivity index (χ2n) is 9.20. The number of halogens is 3. The van der Waals surface area contributed by atoms with Gasteiger partial charge in [-0.25, -0.2) is 0 Å². The van der Waals surface area contributed by atoms with E-state index < -0.39 is 17.6 Å². The molecule has 4 nitrogen and oxygen atoms in total. The molecule has 0 spiro atoms. The van der Waals surface area contributed by atoms with Gasteiger partial charge >= 0.3 is 6.18 Å². The molecule has 0 atom stereocenters. The number of hydrogen-bond donors (Lipinski definition) is 1. The highest BCUT2D eigenvalue weighted by Crippen LogP contribution is 2.34. The number of amides is 2. The van der Waals surface area contributed by atoms with Crippen molar-refractivity contribution in [1.29, 1.82) is 0 Å². The van der Waals surface area contributed by atoms with Crippen LogP contribution in [0.2, 0.25) is 0 Å². The van der Waals surface area contributed by atoms with Gasteiger partial charge in [0.2, 0.25) is 5.91 Å². The lowest BCUT2D eigenvalue weighted by Gasteiger charge is -2.35. The number of anilines is 1. The van der Waals surface area contributed by atoms with Crippen LogP contribution in [0, 0.1) is 5.92 Å². The van der Waals surface area contributed by atoms with Crippen molar-refractivity contribution in [3.05, 3.63) is 89.0 Å². The lowest BCUT2D eigenvalue weighted by molar-refractivity contribution is -0.139. The number of nitrogens with one attached hydrogen (secondary N) is 1. The van der Waals surface area contributed by atoms with Crippen molar-refractivity contribution < 1.29 is 22.8 Å². The van der Waals surface area contributed by atoms with Crippen LogP contribution < -0.4 is 5.32 Å². The van der Waals surface area contributed by atoms with Crippen molar-refractivity contribution in [3.8, 4) is 11.1 Å². The number of benzene rings is 3. The average molecular weight is 479 g/mol. The maximum atomic E-state index is 13.4. The van der Waals surface area contributed by atoms with Crippen LogP contribution in [0.4, 0.5) is 18.9 Å². The summed E-state index contributed by atoms with van der Waals surface area (Å²) < 4.78 is 40.2. The third kappa shape index (κ3) is 4.81. The van der Waals surface area contributed by atoms with E-state index >= 15 is 0 Å². The second kappa shape index (κ2) is 9.21. The minimum absolute atomic E-state index is 0.0407. The monoisotopic (exact) mass is 478 g/mol. The van der Waals surface area contributed by atoms with Gasteiger partial charge in [0.05, 0.1) is 5.56 Å². The van der Waals surface area contributed by atoms with Crippen molar-refractivity contribution in [2.24, 2.45) is 5.92 Å². The Morgan fingerprint density at radius 2 is 1.69 bits per heavy atom. The summed E-state index contributed by atoms with van der Waals surface area (Å²) in [6.45, 7) is 1.18. The van der Waals surface area contributed by atoms with Crippen molar-refractivity contribution in [1.82, 2.24) is 4.90 Å². The fraction of sp³-hybridized carbons (Fsp3) is 0.286. The number of carbonyl (C=O) groups excluding carboxylic acids is 2. The van der Waals surface area contributed by atoms with Gasteiger partial charge in [0.1, 0.15) is 0 Å². The van der Waals surface area contributed by atoms with Crippen LogP contribution in [0.15, 0.2) is 66.7 Å². The molecule has 0 bridgehead atoms. The number of hydrogen-bond acceptors (Lipinski definition) is 2. The van der Waals surface area contributed by atoms with E-state index in [0.717, 1.165) is 42.5 Å². The molecule has 0 radical (unpaired) electrons. The molecule has 1 fully saturated rings. The lowest BCUT2D eigenvalue weighted by Crippen LogP contribution is -2.41. The first-order valence-corrected chi connectivity index (χ1v) is 11.8. The van der Waals surface area contributed by atoms with Crippen LogP contribution in [0.1, 0.15) is 46.3 Å². The molecule has 2 aliphatic rings. The summed E-state index contributed by atoms with van der Waals surface area (Å²) >= 11 is 0. The minimum atomic E-state index is -4.56. The molecule has 7 heteroatoms. The Kier molecular flexibility index (Phi) is 6.09. The Hall–Kier alpha value is -3.61. The van der Waals surface area contributed by atoms with Gasteiger partial charge < -0.3 is 10.2 Å². The molecule has 5 rings (SSSR count). The third-order valence-electron chi connectivity index (χ3n) is 6.92. The van der Waals surface area contributed by atoms with Crippen molar-refractivity contribution in [2.75, 3.05) is 11.9 Å². The Bertz CT molecular complexity index is 1270. The summed E-state index contributed by atoms with van der Waals surface area (Å²) in [5, 5.41) is 2.78. The van der Waals surface area contributed by atoms with Crippen molar-refractivity contribution >= 4 is 17.5 Å². The largest absolute Gasteiger partial charge is 0.416 e. The molecular formula is C28H25F3N2O2. The molecule has 3 aromatic carbocycles. The zero-order chi connectivity index (χ0) is 24.6. The van der Waals surface area contributed by atoms with Crippen molar-refractivity contribution in [2.45, 2.75) is 38.4 Å². The van der Waals surface area contributed by atoms with E-state index in [2.05, 4.69) is 5.32 Å². The molecule has 1 N–H and O–H groups in total. The Balaban J connectivity index is 1.38. The first-order valence-electron chi connectivity index (χ1n) is 11.8.